The molecule has 3 heterocycles. The summed E-state index contributed by atoms with van der Waals surface area (Å²) in [6, 6.07) is -0.970. The maximum absolute atomic E-state index is 13.0. The van der Waals surface area contributed by atoms with Gasteiger partial charge >= 0.3 is 11.9 Å². The average Bonchev–Trinajstić information content (AvgIpc) is 3.19. The van der Waals surface area contributed by atoms with Crippen LogP contribution in [0.15, 0.2) is 21.1 Å². The van der Waals surface area contributed by atoms with Crippen LogP contribution in [0.2, 0.25) is 0 Å². The minimum absolute atomic E-state index is 0.0574. The monoisotopic (exact) mass is 543 g/mol. The number of esters is 1. The summed E-state index contributed by atoms with van der Waals surface area (Å²) in [4.78, 5) is 60.4. The summed E-state index contributed by atoms with van der Waals surface area (Å²) in [5, 5.41) is 17.1. The molecule has 2 aliphatic rings. The number of carbonyl (C=O) groups is 4. The van der Waals surface area contributed by atoms with Crippen LogP contribution in [-0.2, 0) is 28.8 Å². The summed E-state index contributed by atoms with van der Waals surface area (Å²) in [7, 11) is 0. The number of aromatic nitrogens is 1. The van der Waals surface area contributed by atoms with Crippen molar-refractivity contribution in [2.45, 2.75) is 44.7 Å². The fourth-order valence-corrected chi connectivity index (χ4v) is 6.16. The van der Waals surface area contributed by atoms with Gasteiger partial charge in [-0.15, -0.1) is 34.9 Å². The first-order valence-electron chi connectivity index (χ1n) is 10.4. The Balaban J connectivity index is 1.75. The number of ether oxygens (including phenoxy) is 1. The fourth-order valence-electron chi connectivity index (χ4n) is 3.21. The number of nitrogens with one attached hydrogen (secondary N) is 1. The van der Waals surface area contributed by atoms with E-state index in [0.717, 1.165) is 11.3 Å². The van der Waals surface area contributed by atoms with Crippen LogP contribution in [0.5, 0.6) is 0 Å². The Kier molecular flexibility index (Phi) is 8.33. The number of oxime groups is 1. The Labute approximate surface area is 213 Å². The molecule has 0 aliphatic carbocycles. The van der Waals surface area contributed by atoms with Crippen LogP contribution >= 0.6 is 34.9 Å². The number of hydrogen-bond acceptors (Lipinski definition) is 12. The largest absolute Gasteiger partial charge is 0.477 e. The van der Waals surface area contributed by atoms with Gasteiger partial charge in [-0.05, 0) is 26.5 Å². The molecule has 4 N–H and O–H groups in total. The normalized spacial score (nSPS) is 20.2. The van der Waals surface area contributed by atoms with Crippen molar-refractivity contribution in [1.29, 1.82) is 0 Å². The van der Waals surface area contributed by atoms with Crippen LogP contribution < -0.4 is 11.1 Å². The zero-order valence-electron chi connectivity index (χ0n) is 19.4. The predicted molar refractivity (Wildman–Crippen MR) is 133 cm³/mol. The lowest BCUT2D eigenvalue weighted by Gasteiger charge is -2.49. The third kappa shape index (κ3) is 6.27. The van der Waals surface area contributed by atoms with E-state index >= 15 is 0 Å². The predicted octanol–water partition coefficient (Wildman–Crippen LogP) is 1.24. The van der Waals surface area contributed by atoms with Crippen molar-refractivity contribution in [1.82, 2.24) is 15.2 Å². The highest BCUT2D eigenvalue weighted by molar-refractivity contribution is 8.06. The second kappa shape index (κ2) is 10.9. The molecule has 2 amide bonds. The third-order valence-electron chi connectivity index (χ3n) is 4.48. The lowest BCUT2D eigenvalue weighted by Crippen LogP contribution is -2.71. The maximum Gasteiger partial charge on any atom is 0.353 e. The first-order chi connectivity index (χ1) is 16.4. The van der Waals surface area contributed by atoms with Crippen LogP contribution in [-0.4, -0.2) is 79.6 Å². The van der Waals surface area contributed by atoms with Gasteiger partial charge in [0.15, 0.2) is 10.8 Å². The Hall–Kier alpha value is -2.78. The van der Waals surface area contributed by atoms with Gasteiger partial charge in [0.05, 0.1) is 0 Å². The summed E-state index contributed by atoms with van der Waals surface area (Å²) in [6.45, 7) is 6.44. The van der Waals surface area contributed by atoms with Crippen molar-refractivity contribution >= 4 is 69.5 Å². The molecule has 2 aliphatic heterocycles. The third-order valence-corrected chi connectivity index (χ3v) is 7.59. The van der Waals surface area contributed by atoms with Crippen LogP contribution in [0, 0.1) is 0 Å². The number of rotatable bonds is 9. The molecule has 190 valence electrons. The molecule has 0 aromatic carbocycles. The van der Waals surface area contributed by atoms with Crippen molar-refractivity contribution < 1.29 is 33.9 Å². The number of amides is 2. The molecule has 15 heteroatoms. The summed E-state index contributed by atoms with van der Waals surface area (Å²) in [5.74, 6) is -2.14. The van der Waals surface area contributed by atoms with E-state index in [0.29, 0.717) is 16.4 Å². The number of anilines is 1. The van der Waals surface area contributed by atoms with Crippen LogP contribution in [0.4, 0.5) is 5.13 Å². The van der Waals surface area contributed by atoms with E-state index in [-0.39, 0.29) is 22.2 Å². The van der Waals surface area contributed by atoms with Gasteiger partial charge in [0, 0.05) is 16.0 Å². The Morgan fingerprint density at radius 1 is 1.40 bits per heavy atom. The maximum atomic E-state index is 13.0. The van der Waals surface area contributed by atoms with Crippen molar-refractivity contribution in [2.75, 3.05) is 23.8 Å². The van der Waals surface area contributed by atoms with Crippen LogP contribution in [0.3, 0.4) is 0 Å². The van der Waals surface area contributed by atoms with Gasteiger partial charge in [-0.1, -0.05) is 12.1 Å². The van der Waals surface area contributed by atoms with Gasteiger partial charge in [0.2, 0.25) is 6.61 Å². The molecule has 12 nitrogen and oxygen atoms in total. The number of fused-ring (bicyclic) bond motifs is 1. The number of thiazole rings is 1. The van der Waals surface area contributed by atoms with Crippen molar-refractivity contribution in [3.63, 3.8) is 0 Å². The minimum atomic E-state index is -1.19. The molecule has 3 rings (SSSR count). The number of β-lactam (4-membered cyclic amide) rings is 1. The number of aliphatic carboxylic acids is 1. The van der Waals surface area contributed by atoms with E-state index < -0.39 is 47.4 Å². The number of thioether (sulfide) groups is 2. The van der Waals surface area contributed by atoms with Crippen molar-refractivity contribution in [3.05, 3.63) is 21.7 Å². The molecular formula is C20H25N5O7S3. The van der Waals surface area contributed by atoms with Gasteiger partial charge < -0.3 is 25.7 Å². The Morgan fingerprint density at radius 2 is 2.11 bits per heavy atom. The zero-order chi connectivity index (χ0) is 25.9. The van der Waals surface area contributed by atoms with Gasteiger partial charge in [-0.3, -0.25) is 14.5 Å². The van der Waals surface area contributed by atoms with Crippen molar-refractivity contribution in [2.24, 2.45) is 5.16 Å². The summed E-state index contributed by atoms with van der Waals surface area (Å²) < 4.78 is 5.14. The van der Waals surface area contributed by atoms with E-state index in [1.54, 1.807) is 20.8 Å². The van der Waals surface area contributed by atoms with Crippen LogP contribution in [0.1, 0.15) is 33.4 Å². The molecule has 1 unspecified atom stereocenters. The molecule has 0 radical (unpaired) electrons. The number of nitrogens with two attached hydrogens (primary N) is 1. The topological polar surface area (TPSA) is 174 Å². The number of nitrogens with zero attached hydrogens (tertiary/aromatic N) is 3. The molecule has 35 heavy (non-hydrogen) atoms. The van der Waals surface area contributed by atoms with Gasteiger partial charge in [-0.2, -0.15) is 0 Å². The lowest BCUT2D eigenvalue weighted by atomic mass is 10.0. The smallest absolute Gasteiger partial charge is 0.353 e. The summed E-state index contributed by atoms with van der Waals surface area (Å²) in [5.41, 5.74) is 4.70. The molecule has 0 bridgehead atoms. The number of hydrogen-bond donors (Lipinski definition) is 3. The van der Waals surface area contributed by atoms with E-state index in [4.69, 9.17) is 15.3 Å². The first-order valence-corrected chi connectivity index (χ1v) is 13.3. The summed E-state index contributed by atoms with van der Waals surface area (Å²) in [6.07, 6.45) is 0. The highest BCUT2D eigenvalue weighted by Crippen LogP contribution is 2.43. The molecule has 2 atom stereocenters. The number of carbonyl (C=O) groups excluding carboxylic acids is 3. The second-order valence-corrected chi connectivity index (χ2v) is 11.6. The molecule has 1 saturated heterocycles. The molecule has 1 aromatic rings. The van der Waals surface area contributed by atoms with Gasteiger partial charge in [0.25, 0.3) is 11.8 Å². The summed E-state index contributed by atoms with van der Waals surface area (Å²) >= 11 is 3.80. The van der Waals surface area contributed by atoms with Gasteiger partial charge in [0.1, 0.15) is 28.4 Å². The fraction of sp³-hybridized carbons (Fsp3) is 0.500. The number of carboxylic acid groups (broad SMARTS) is 1. The quantitative estimate of drug-likeness (QED) is 0.177. The van der Waals surface area contributed by atoms with Crippen LogP contribution in [0.25, 0.3) is 0 Å². The van der Waals surface area contributed by atoms with Gasteiger partial charge in [-0.25, -0.2) is 14.6 Å². The number of nitrogen functional groups attached to an aromatic ring is 1. The first kappa shape index (κ1) is 26.8. The standard InChI is InChI=1S/C20H25N5O7S3/c1-5-33-10-8-34-17-13(16(28)25(17)14(10)18(29)30)23-15(27)12(9-7-35-19(21)22-9)24-31-6-11(26)32-20(2,3)4/h7,13,17H,5-6,8H2,1-4H3,(H2,21,22)(H,23,27)(H,29,30)/t13?,17-/m0/s1. The molecule has 1 fully saturated rings. The molecular weight excluding hydrogens is 518 g/mol. The lowest BCUT2D eigenvalue weighted by molar-refractivity contribution is -0.160. The van der Waals surface area contributed by atoms with E-state index in [2.05, 4.69) is 15.5 Å². The van der Waals surface area contributed by atoms with Crippen molar-refractivity contribution in [3.8, 4) is 0 Å². The Morgan fingerprint density at radius 3 is 2.69 bits per heavy atom. The average molecular weight is 544 g/mol. The minimum Gasteiger partial charge on any atom is -0.477 e. The highest BCUT2D eigenvalue weighted by Gasteiger charge is 2.54. The SMILES string of the molecule is CCSC1=C(C(=O)O)N2C(=O)C(NC(=O)C(=NOCC(=O)OC(C)(C)C)c3csc(N)n3)[C@@H]2SC1. The molecule has 1 aromatic heterocycles. The molecule has 0 spiro atoms. The zero-order valence-corrected chi connectivity index (χ0v) is 21.8. The Bertz CT molecular complexity index is 1100. The highest BCUT2D eigenvalue weighted by atomic mass is 32.2. The van der Waals surface area contributed by atoms with E-state index in [1.165, 1.54) is 33.8 Å². The number of carboxylic acids is 1. The molecule has 0 saturated carbocycles. The van der Waals surface area contributed by atoms with E-state index in [9.17, 15) is 24.3 Å². The van der Waals surface area contributed by atoms with E-state index in [1.807, 2.05) is 6.92 Å². The second-order valence-electron chi connectivity index (χ2n) is 8.24.